The second-order valence-electron chi connectivity index (χ2n) is 4.10. The van der Waals surface area contributed by atoms with Gasteiger partial charge >= 0.3 is 0 Å². The molecule has 0 fully saturated rings. The fraction of sp³-hybridized carbons (Fsp3) is 0.333. The SMILES string of the molecule is CCC(C)n1nccc1NC(=O)c1cc(Cl)c[nH]1. The zero-order chi connectivity index (χ0) is 13.1. The number of nitrogens with one attached hydrogen (secondary N) is 2. The first-order chi connectivity index (χ1) is 8.61. The van der Waals surface area contributed by atoms with E-state index in [1.807, 2.05) is 6.92 Å². The first-order valence-electron chi connectivity index (χ1n) is 5.80. The Hall–Kier alpha value is -1.75. The van der Waals surface area contributed by atoms with Gasteiger partial charge in [0.15, 0.2) is 0 Å². The Morgan fingerprint density at radius 2 is 2.44 bits per heavy atom. The second kappa shape index (κ2) is 5.27. The molecule has 1 atom stereocenters. The van der Waals surface area contributed by atoms with Crippen molar-refractivity contribution in [3.05, 3.63) is 35.2 Å². The lowest BCUT2D eigenvalue weighted by Gasteiger charge is -2.13. The van der Waals surface area contributed by atoms with Gasteiger partial charge in [-0.25, -0.2) is 4.68 Å². The molecule has 2 heterocycles. The molecule has 0 bridgehead atoms. The zero-order valence-electron chi connectivity index (χ0n) is 10.3. The van der Waals surface area contributed by atoms with E-state index in [2.05, 4.69) is 22.3 Å². The fourth-order valence-electron chi connectivity index (χ4n) is 1.62. The van der Waals surface area contributed by atoms with Gasteiger partial charge in [-0.1, -0.05) is 18.5 Å². The average Bonchev–Trinajstić information content (AvgIpc) is 2.97. The molecule has 1 amide bonds. The molecule has 2 aromatic rings. The number of nitrogens with zero attached hydrogens (tertiary/aromatic N) is 2. The number of hydrogen-bond acceptors (Lipinski definition) is 2. The number of hydrogen-bond donors (Lipinski definition) is 2. The quantitative estimate of drug-likeness (QED) is 0.893. The maximum absolute atomic E-state index is 11.9. The highest BCUT2D eigenvalue weighted by molar-refractivity contribution is 6.31. The van der Waals surface area contributed by atoms with Crippen LogP contribution in [0, 0.1) is 0 Å². The highest BCUT2D eigenvalue weighted by Crippen LogP contribution is 2.17. The molecule has 0 aliphatic rings. The van der Waals surface area contributed by atoms with E-state index in [1.54, 1.807) is 29.2 Å². The van der Waals surface area contributed by atoms with Gasteiger partial charge in [0.25, 0.3) is 5.91 Å². The molecule has 0 saturated carbocycles. The molecule has 5 nitrogen and oxygen atoms in total. The van der Waals surface area contributed by atoms with Gasteiger partial charge in [0.2, 0.25) is 0 Å². The van der Waals surface area contributed by atoms with Crippen LogP contribution in [0.25, 0.3) is 0 Å². The number of halogens is 1. The lowest BCUT2D eigenvalue weighted by atomic mass is 10.3. The van der Waals surface area contributed by atoms with Crippen molar-refractivity contribution in [3.8, 4) is 0 Å². The van der Waals surface area contributed by atoms with Crippen molar-refractivity contribution in [1.82, 2.24) is 14.8 Å². The molecule has 0 radical (unpaired) electrons. The third-order valence-corrected chi connectivity index (χ3v) is 3.03. The largest absolute Gasteiger partial charge is 0.356 e. The number of anilines is 1. The molecule has 0 aliphatic carbocycles. The highest BCUT2D eigenvalue weighted by Gasteiger charge is 2.13. The van der Waals surface area contributed by atoms with Gasteiger partial charge in [0, 0.05) is 12.3 Å². The molecule has 6 heteroatoms. The minimum absolute atomic E-state index is 0.230. The summed E-state index contributed by atoms with van der Waals surface area (Å²) in [6.45, 7) is 4.12. The van der Waals surface area contributed by atoms with Gasteiger partial charge in [-0.2, -0.15) is 5.10 Å². The van der Waals surface area contributed by atoms with Crippen molar-refractivity contribution < 1.29 is 4.79 Å². The van der Waals surface area contributed by atoms with Crippen molar-refractivity contribution in [1.29, 1.82) is 0 Å². The van der Waals surface area contributed by atoms with Crippen LogP contribution in [0.1, 0.15) is 36.8 Å². The van der Waals surface area contributed by atoms with E-state index in [0.29, 0.717) is 16.5 Å². The number of aromatic amines is 1. The van der Waals surface area contributed by atoms with E-state index in [1.165, 1.54) is 0 Å². The standard InChI is InChI=1S/C12H15ClN4O/c1-3-8(2)17-11(4-5-15-17)16-12(18)10-6-9(13)7-14-10/h4-8,14H,3H2,1-2H3,(H,16,18). The molecule has 1 unspecified atom stereocenters. The predicted molar refractivity (Wildman–Crippen MR) is 71.0 cm³/mol. The maximum atomic E-state index is 11.9. The molecule has 0 aromatic carbocycles. The van der Waals surface area contributed by atoms with E-state index < -0.39 is 0 Å². The third kappa shape index (κ3) is 2.56. The summed E-state index contributed by atoms with van der Waals surface area (Å²) in [5.74, 6) is 0.451. The summed E-state index contributed by atoms with van der Waals surface area (Å²) in [6.07, 6.45) is 4.19. The number of aromatic nitrogens is 3. The Morgan fingerprint density at radius 1 is 1.67 bits per heavy atom. The van der Waals surface area contributed by atoms with Crippen LogP contribution in [-0.2, 0) is 0 Å². The number of rotatable bonds is 4. The van der Waals surface area contributed by atoms with Crippen LogP contribution >= 0.6 is 11.6 Å². The monoisotopic (exact) mass is 266 g/mol. The van der Waals surface area contributed by atoms with Crippen LogP contribution in [0.4, 0.5) is 5.82 Å². The number of amides is 1. The van der Waals surface area contributed by atoms with Gasteiger partial charge < -0.3 is 10.3 Å². The summed E-state index contributed by atoms with van der Waals surface area (Å²) in [7, 11) is 0. The first kappa shape index (κ1) is 12.7. The van der Waals surface area contributed by atoms with Crippen LogP contribution in [0.5, 0.6) is 0 Å². The topological polar surface area (TPSA) is 62.7 Å². The Bertz CT molecular complexity index is 546. The number of H-pyrrole nitrogens is 1. The van der Waals surface area contributed by atoms with Gasteiger partial charge in [-0.3, -0.25) is 4.79 Å². The molecule has 0 spiro atoms. The van der Waals surface area contributed by atoms with Gasteiger partial charge in [-0.15, -0.1) is 0 Å². The van der Waals surface area contributed by atoms with Gasteiger partial charge in [0.05, 0.1) is 17.3 Å². The van der Waals surface area contributed by atoms with E-state index in [4.69, 9.17) is 11.6 Å². The Kier molecular flexibility index (Phi) is 3.72. The van der Waals surface area contributed by atoms with Crippen molar-refractivity contribution in [2.24, 2.45) is 0 Å². The smallest absolute Gasteiger partial charge is 0.273 e. The number of carbonyl (C=O) groups excluding carboxylic acids is 1. The minimum atomic E-state index is -0.230. The molecule has 0 saturated heterocycles. The molecular weight excluding hydrogens is 252 g/mol. The van der Waals surface area contributed by atoms with Crippen molar-refractivity contribution >= 4 is 23.3 Å². The van der Waals surface area contributed by atoms with E-state index >= 15 is 0 Å². The predicted octanol–water partition coefficient (Wildman–Crippen LogP) is 3.09. The Morgan fingerprint density at radius 3 is 3.06 bits per heavy atom. The maximum Gasteiger partial charge on any atom is 0.273 e. The molecular formula is C12H15ClN4O. The van der Waals surface area contributed by atoms with Crippen LogP contribution in [0.3, 0.4) is 0 Å². The third-order valence-electron chi connectivity index (χ3n) is 2.81. The number of carbonyl (C=O) groups is 1. The zero-order valence-corrected chi connectivity index (χ0v) is 11.0. The molecule has 96 valence electrons. The van der Waals surface area contributed by atoms with Crippen molar-refractivity contribution in [2.45, 2.75) is 26.3 Å². The summed E-state index contributed by atoms with van der Waals surface area (Å²) in [4.78, 5) is 14.8. The first-order valence-corrected chi connectivity index (χ1v) is 6.18. The van der Waals surface area contributed by atoms with Crippen molar-refractivity contribution in [2.75, 3.05) is 5.32 Å². The molecule has 2 N–H and O–H groups in total. The van der Waals surface area contributed by atoms with Crippen LogP contribution in [-0.4, -0.2) is 20.7 Å². The molecule has 2 aromatic heterocycles. The minimum Gasteiger partial charge on any atom is -0.356 e. The Balaban J connectivity index is 2.15. The lowest BCUT2D eigenvalue weighted by molar-refractivity contribution is 0.102. The van der Waals surface area contributed by atoms with Crippen LogP contribution in [0.15, 0.2) is 24.5 Å². The van der Waals surface area contributed by atoms with E-state index in [-0.39, 0.29) is 11.9 Å². The molecule has 18 heavy (non-hydrogen) atoms. The summed E-state index contributed by atoms with van der Waals surface area (Å²) in [5, 5.41) is 7.52. The summed E-state index contributed by atoms with van der Waals surface area (Å²) >= 11 is 5.76. The van der Waals surface area contributed by atoms with E-state index in [0.717, 1.165) is 6.42 Å². The second-order valence-corrected chi connectivity index (χ2v) is 4.54. The Labute approximate surface area is 110 Å². The molecule has 0 aliphatic heterocycles. The lowest BCUT2D eigenvalue weighted by Crippen LogP contribution is -2.17. The van der Waals surface area contributed by atoms with Crippen LogP contribution in [0.2, 0.25) is 5.02 Å². The van der Waals surface area contributed by atoms with Crippen molar-refractivity contribution in [3.63, 3.8) is 0 Å². The summed E-state index contributed by atoms with van der Waals surface area (Å²) in [5.41, 5.74) is 0.428. The van der Waals surface area contributed by atoms with Gasteiger partial charge in [0.1, 0.15) is 11.5 Å². The average molecular weight is 267 g/mol. The van der Waals surface area contributed by atoms with E-state index in [9.17, 15) is 4.79 Å². The van der Waals surface area contributed by atoms with Crippen LogP contribution < -0.4 is 5.32 Å². The summed E-state index contributed by atoms with van der Waals surface area (Å²) in [6, 6.07) is 3.60. The fourth-order valence-corrected chi connectivity index (χ4v) is 1.78. The molecule has 2 rings (SSSR count). The normalized spacial score (nSPS) is 12.4. The highest BCUT2D eigenvalue weighted by atomic mass is 35.5. The summed E-state index contributed by atoms with van der Waals surface area (Å²) < 4.78 is 1.79. The van der Waals surface area contributed by atoms with Gasteiger partial charge in [-0.05, 0) is 19.4 Å².